The van der Waals surface area contributed by atoms with Crippen LogP contribution in [0.4, 0.5) is 4.39 Å². The summed E-state index contributed by atoms with van der Waals surface area (Å²) in [6.07, 6.45) is 0.272. The Kier molecular flexibility index (Phi) is 4.52. The van der Waals surface area contributed by atoms with Crippen LogP contribution in [0.15, 0.2) is 59.5 Å². The smallest absolute Gasteiger partial charge is 0.182 e. The van der Waals surface area contributed by atoms with Gasteiger partial charge >= 0.3 is 0 Å². The zero-order chi connectivity index (χ0) is 14.6. The molecule has 3 nitrogen and oxygen atoms in total. The van der Waals surface area contributed by atoms with Gasteiger partial charge in [0.25, 0.3) is 0 Å². The quantitative estimate of drug-likeness (QED) is 0.919. The highest BCUT2D eigenvalue weighted by Gasteiger charge is 2.26. The topological polar surface area (TPSA) is 60.2 Å². The molecule has 0 spiro atoms. The van der Waals surface area contributed by atoms with Gasteiger partial charge in [-0.15, -0.1) is 0 Å². The van der Waals surface area contributed by atoms with Crippen LogP contribution in [0.3, 0.4) is 0 Å². The van der Waals surface area contributed by atoms with Gasteiger partial charge in [-0.25, -0.2) is 12.8 Å². The van der Waals surface area contributed by atoms with Crippen molar-refractivity contribution in [1.82, 2.24) is 0 Å². The molecular weight excluding hydrogens is 277 g/mol. The molecule has 0 aliphatic heterocycles. The fourth-order valence-electron chi connectivity index (χ4n) is 2.01. The SMILES string of the molecule is NCC(Cc1ccc(F)cc1)S(=O)(=O)c1ccccc1. The summed E-state index contributed by atoms with van der Waals surface area (Å²) in [5.74, 6) is -0.344. The minimum Gasteiger partial charge on any atom is -0.329 e. The normalized spacial score (nSPS) is 13.1. The number of nitrogens with two attached hydrogens (primary N) is 1. The van der Waals surface area contributed by atoms with Crippen molar-refractivity contribution in [2.75, 3.05) is 6.54 Å². The molecule has 20 heavy (non-hydrogen) atoms. The molecule has 2 aromatic rings. The van der Waals surface area contributed by atoms with E-state index in [1.165, 1.54) is 12.1 Å². The van der Waals surface area contributed by atoms with Gasteiger partial charge in [0.15, 0.2) is 9.84 Å². The molecule has 5 heteroatoms. The van der Waals surface area contributed by atoms with Crippen LogP contribution in [0.25, 0.3) is 0 Å². The lowest BCUT2D eigenvalue weighted by atomic mass is 10.1. The first kappa shape index (κ1) is 14.7. The van der Waals surface area contributed by atoms with E-state index < -0.39 is 15.1 Å². The molecule has 0 amide bonds. The van der Waals surface area contributed by atoms with Crippen LogP contribution >= 0.6 is 0 Å². The monoisotopic (exact) mass is 293 g/mol. The first-order chi connectivity index (χ1) is 9.54. The van der Waals surface area contributed by atoms with E-state index in [2.05, 4.69) is 0 Å². The molecule has 2 aromatic carbocycles. The van der Waals surface area contributed by atoms with Gasteiger partial charge in [-0.05, 0) is 36.2 Å². The lowest BCUT2D eigenvalue weighted by molar-refractivity contribution is 0.578. The average Bonchev–Trinajstić information content (AvgIpc) is 2.47. The highest BCUT2D eigenvalue weighted by molar-refractivity contribution is 7.92. The summed E-state index contributed by atoms with van der Waals surface area (Å²) < 4.78 is 37.8. The average molecular weight is 293 g/mol. The van der Waals surface area contributed by atoms with Crippen LogP contribution in [-0.2, 0) is 16.3 Å². The van der Waals surface area contributed by atoms with Crippen molar-refractivity contribution in [1.29, 1.82) is 0 Å². The molecule has 0 heterocycles. The van der Waals surface area contributed by atoms with Crippen molar-refractivity contribution in [3.8, 4) is 0 Å². The third-order valence-corrected chi connectivity index (χ3v) is 5.32. The maximum absolute atomic E-state index is 12.9. The Hall–Kier alpha value is -1.72. The molecule has 1 unspecified atom stereocenters. The summed E-state index contributed by atoms with van der Waals surface area (Å²) in [6, 6.07) is 14.0. The number of halogens is 1. The standard InChI is InChI=1S/C15H16FNO2S/c16-13-8-6-12(7-9-13)10-15(11-17)20(18,19)14-4-2-1-3-5-14/h1-9,15H,10-11,17H2. The molecule has 0 aliphatic rings. The second kappa shape index (κ2) is 6.15. The predicted molar refractivity (Wildman–Crippen MR) is 76.6 cm³/mol. The summed E-state index contributed by atoms with van der Waals surface area (Å²) in [5.41, 5.74) is 6.37. The zero-order valence-corrected chi connectivity index (χ0v) is 11.7. The van der Waals surface area contributed by atoms with E-state index in [9.17, 15) is 12.8 Å². The van der Waals surface area contributed by atoms with E-state index in [1.807, 2.05) is 0 Å². The van der Waals surface area contributed by atoms with Crippen molar-refractivity contribution in [2.45, 2.75) is 16.6 Å². The second-order valence-corrected chi connectivity index (χ2v) is 6.77. The Bertz CT molecular complexity index is 654. The molecule has 0 radical (unpaired) electrons. The Morgan fingerprint density at radius 3 is 2.15 bits per heavy atom. The van der Waals surface area contributed by atoms with Gasteiger partial charge in [0.05, 0.1) is 10.1 Å². The number of rotatable bonds is 5. The number of sulfone groups is 1. The van der Waals surface area contributed by atoms with E-state index in [1.54, 1.807) is 42.5 Å². The maximum Gasteiger partial charge on any atom is 0.182 e. The van der Waals surface area contributed by atoms with E-state index in [0.29, 0.717) is 0 Å². The molecule has 0 saturated carbocycles. The molecule has 0 bridgehead atoms. The van der Waals surface area contributed by atoms with E-state index >= 15 is 0 Å². The van der Waals surface area contributed by atoms with Gasteiger partial charge in [-0.2, -0.15) is 0 Å². The van der Waals surface area contributed by atoms with Gasteiger partial charge in [0.2, 0.25) is 0 Å². The predicted octanol–water partition coefficient (Wildman–Crippen LogP) is 2.17. The zero-order valence-electron chi connectivity index (χ0n) is 10.9. The number of benzene rings is 2. The number of hydrogen-bond acceptors (Lipinski definition) is 3. The largest absolute Gasteiger partial charge is 0.329 e. The molecule has 2 N–H and O–H groups in total. The Labute approximate surface area is 118 Å². The van der Waals surface area contributed by atoms with E-state index in [0.717, 1.165) is 5.56 Å². The summed E-state index contributed by atoms with van der Waals surface area (Å²) in [6.45, 7) is 0.0224. The fourth-order valence-corrected chi connectivity index (χ4v) is 3.59. The highest BCUT2D eigenvalue weighted by atomic mass is 32.2. The molecular formula is C15H16FNO2S. The lowest BCUT2D eigenvalue weighted by Crippen LogP contribution is -2.32. The van der Waals surface area contributed by atoms with E-state index in [4.69, 9.17) is 5.73 Å². The first-order valence-corrected chi connectivity index (χ1v) is 7.82. The minimum atomic E-state index is -3.48. The van der Waals surface area contributed by atoms with Crippen molar-refractivity contribution in [2.24, 2.45) is 5.73 Å². The van der Waals surface area contributed by atoms with Crippen LogP contribution in [-0.4, -0.2) is 20.2 Å². The minimum absolute atomic E-state index is 0.0224. The summed E-state index contributed by atoms with van der Waals surface area (Å²) in [5, 5.41) is -0.713. The van der Waals surface area contributed by atoms with Crippen LogP contribution in [0.5, 0.6) is 0 Å². The third kappa shape index (κ3) is 3.23. The van der Waals surface area contributed by atoms with Gasteiger partial charge in [0.1, 0.15) is 5.82 Å². The van der Waals surface area contributed by atoms with Crippen LogP contribution in [0.1, 0.15) is 5.56 Å². The van der Waals surface area contributed by atoms with Gasteiger partial charge in [-0.3, -0.25) is 0 Å². The molecule has 0 aliphatic carbocycles. The Balaban J connectivity index is 2.26. The molecule has 1 atom stereocenters. The molecule has 0 fully saturated rings. The Morgan fingerprint density at radius 2 is 1.60 bits per heavy atom. The maximum atomic E-state index is 12.9. The van der Waals surface area contributed by atoms with Gasteiger partial charge < -0.3 is 5.73 Å². The third-order valence-electron chi connectivity index (χ3n) is 3.15. The Morgan fingerprint density at radius 1 is 1.00 bits per heavy atom. The molecule has 0 saturated heterocycles. The van der Waals surface area contributed by atoms with Crippen LogP contribution in [0, 0.1) is 5.82 Å². The van der Waals surface area contributed by atoms with Crippen molar-refractivity contribution < 1.29 is 12.8 Å². The molecule has 106 valence electrons. The van der Waals surface area contributed by atoms with Crippen LogP contribution in [0.2, 0.25) is 0 Å². The summed E-state index contributed by atoms with van der Waals surface area (Å²) in [7, 11) is -3.48. The number of hydrogen-bond donors (Lipinski definition) is 1. The van der Waals surface area contributed by atoms with Crippen molar-refractivity contribution >= 4 is 9.84 Å². The lowest BCUT2D eigenvalue weighted by Gasteiger charge is -2.16. The van der Waals surface area contributed by atoms with Crippen LogP contribution < -0.4 is 5.73 Å². The van der Waals surface area contributed by atoms with Gasteiger partial charge in [-0.1, -0.05) is 30.3 Å². The van der Waals surface area contributed by atoms with E-state index in [-0.39, 0.29) is 23.7 Å². The first-order valence-electron chi connectivity index (χ1n) is 6.27. The second-order valence-electron chi connectivity index (χ2n) is 4.55. The highest BCUT2D eigenvalue weighted by Crippen LogP contribution is 2.18. The summed E-state index contributed by atoms with van der Waals surface area (Å²) >= 11 is 0. The van der Waals surface area contributed by atoms with Crippen molar-refractivity contribution in [3.63, 3.8) is 0 Å². The van der Waals surface area contributed by atoms with Gasteiger partial charge in [0, 0.05) is 6.54 Å². The fraction of sp³-hybridized carbons (Fsp3) is 0.200. The van der Waals surface area contributed by atoms with Crippen molar-refractivity contribution in [3.05, 3.63) is 66.0 Å². The molecule has 2 rings (SSSR count). The molecule has 0 aromatic heterocycles. The summed E-state index contributed by atoms with van der Waals surface area (Å²) in [4.78, 5) is 0.262.